The molecule has 2 aromatic rings. The van der Waals surface area contributed by atoms with E-state index in [1.54, 1.807) is 18.2 Å². The minimum atomic E-state index is -0.426. The molecule has 0 radical (unpaired) electrons. The summed E-state index contributed by atoms with van der Waals surface area (Å²) in [4.78, 5) is 10.3. The predicted molar refractivity (Wildman–Crippen MR) is 79.2 cm³/mol. The van der Waals surface area contributed by atoms with Crippen molar-refractivity contribution >= 4 is 27.3 Å². The molecule has 0 saturated carbocycles. The molecule has 0 heterocycles. The van der Waals surface area contributed by atoms with Crippen LogP contribution in [-0.2, 0) is 0 Å². The van der Waals surface area contributed by atoms with Crippen molar-refractivity contribution in [3.8, 4) is 0 Å². The summed E-state index contributed by atoms with van der Waals surface area (Å²) in [7, 11) is 0. The van der Waals surface area contributed by atoms with Crippen LogP contribution in [0.25, 0.3) is 0 Å². The lowest BCUT2D eigenvalue weighted by Gasteiger charge is -2.16. The van der Waals surface area contributed by atoms with E-state index < -0.39 is 4.92 Å². The van der Waals surface area contributed by atoms with Crippen molar-refractivity contribution in [3.63, 3.8) is 0 Å². The molecule has 2 rings (SSSR count). The number of nitro benzene ring substituents is 1. The second kappa shape index (κ2) is 6.00. The Morgan fingerprint density at radius 3 is 2.70 bits per heavy atom. The van der Waals surface area contributed by atoms with Crippen molar-refractivity contribution in [2.24, 2.45) is 0 Å². The average Bonchev–Trinajstić information content (AvgIpc) is 2.43. The van der Waals surface area contributed by atoms with Crippen LogP contribution in [0.3, 0.4) is 0 Å². The van der Waals surface area contributed by atoms with Gasteiger partial charge in [0.1, 0.15) is 5.82 Å². The Morgan fingerprint density at radius 1 is 1.30 bits per heavy atom. The molecule has 0 spiro atoms. The molecule has 6 heteroatoms. The Labute approximate surface area is 123 Å². The summed E-state index contributed by atoms with van der Waals surface area (Å²) >= 11 is 3.12. The molecule has 20 heavy (non-hydrogen) atoms. The predicted octanol–water partition coefficient (Wildman–Crippen LogP) is 4.67. The lowest BCUT2D eigenvalue weighted by atomic mass is 10.1. The summed E-state index contributed by atoms with van der Waals surface area (Å²) in [6.45, 7) is 1.89. The van der Waals surface area contributed by atoms with E-state index in [0.29, 0.717) is 4.47 Å². The average molecular weight is 339 g/mol. The Bertz CT molecular complexity index is 649. The van der Waals surface area contributed by atoms with Gasteiger partial charge in [0.25, 0.3) is 5.69 Å². The summed E-state index contributed by atoms with van der Waals surface area (Å²) in [5.41, 5.74) is 1.58. The topological polar surface area (TPSA) is 55.2 Å². The highest BCUT2D eigenvalue weighted by molar-refractivity contribution is 9.10. The van der Waals surface area contributed by atoms with Gasteiger partial charge in [0.05, 0.1) is 9.40 Å². The maximum absolute atomic E-state index is 13.2. The molecule has 1 unspecified atom stereocenters. The standard InChI is InChI=1S/C14H12BrFN2O2/c1-9(10-3-2-4-12(7-10)18(19)20)17-11-5-6-14(16)13(15)8-11/h2-9,17H,1H3. The highest BCUT2D eigenvalue weighted by Crippen LogP contribution is 2.25. The molecule has 1 N–H and O–H groups in total. The van der Waals surface area contributed by atoms with Gasteiger partial charge in [-0.3, -0.25) is 10.1 Å². The van der Waals surface area contributed by atoms with Gasteiger partial charge >= 0.3 is 0 Å². The summed E-state index contributed by atoms with van der Waals surface area (Å²) in [5.74, 6) is -0.335. The summed E-state index contributed by atoms with van der Waals surface area (Å²) in [5, 5.41) is 13.9. The molecule has 0 bridgehead atoms. The summed E-state index contributed by atoms with van der Waals surface area (Å²) in [6, 6.07) is 10.9. The fraction of sp³-hybridized carbons (Fsp3) is 0.143. The van der Waals surface area contributed by atoms with Crippen LogP contribution in [0.4, 0.5) is 15.8 Å². The quantitative estimate of drug-likeness (QED) is 0.651. The zero-order chi connectivity index (χ0) is 14.7. The second-order valence-electron chi connectivity index (χ2n) is 4.35. The Morgan fingerprint density at radius 2 is 2.05 bits per heavy atom. The lowest BCUT2D eigenvalue weighted by Crippen LogP contribution is -2.07. The first-order valence-electron chi connectivity index (χ1n) is 5.93. The minimum Gasteiger partial charge on any atom is -0.378 e. The first-order valence-corrected chi connectivity index (χ1v) is 6.72. The highest BCUT2D eigenvalue weighted by atomic mass is 79.9. The van der Waals surface area contributed by atoms with Gasteiger partial charge in [-0.25, -0.2) is 4.39 Å². The van der Waals surface area contributed by atoms with Crippen molar-refractivity contribution in [2.75, 3.05) is 5.32 Å². The highest BCUT2D eigenvalue weighted by Gasteiger charge is 2.11. The van der Waals surface area contributed by atoms with E-state index in [9.17, 15) is 14.5 Å². The Balaban J connectivity index is 2.19. The van der Waals surface area contributed by atoms with Crippen molar-refractivity contribution < 1.29 is 9.31 Å². The first-order chi connectivity index (χ1) is 9.47. The van der Waals surface area contributed by atoms with Gasteiger partial charge in [-0.15, -0.1) is 0 Å². The van der Waals surface area contributed by atoms with E-state index in [4.69, 9.17) is 0 Å². The van der Waals surface area contributed by atoms with Gasteiger partial charge in [0.2, 0.25) is 0 Å². The molecule has 0 aliphatic carbocycles. The first kappa shape index (κ1) is 14.5. The maximum atomic E-state index is 13.2. The van der Waals surface area contributed by atoms with E-state index in [2.05, 4.69) is 21.2 Å². The number of anilines is 1. The van der Waals surface area contributed by atoms with E-state index >= 15 is 0 Å². The SMILES string of the molecule is CC(Nc1ccc(F)c(Br)c1)c1cccc([N+](=O)[O-])c1. The van der Waals surface area contributed by atoms with Crippen molar-refractivity contribution in [1.82, 2.24) is 0 Å². The van der Waals surface area contributed by atoms with Crippen LogP contribution in [0, 0.1) is 15.9 Å². The van der Waals surface area contributed by atoms with Crippen LogP contribution in [0.15, 0.2) is 46.9 Å². The smallest absolute Gasteiger partial charge is 0.269 e. The number of hydrogen-bond acceptors (Lipinski definition) is 3. The Kier molecular flexibility index (Phi) is 4.34. The van der Waals surface area contributed by atoms with Gasteiger partial charge in [-0.05, 0) is 46.6 Å². The molecule has 0 aliphatic heterocycles. The van der Waals surface area contributed by atoms with Crippen LogP contribution in [0.5, 0.6) is 0 Å². The normalized spacial score (nSPS) is 11.9. The van der Waals surface area contributed by atoms with Gasteiger partial charge in [0.15, 0.2) is 0 Å². The van der Waals surface area contributed by atoms with Gasteiger partial charge in [-0.2, -0.15) is 0 Å². The molecule has 1 atom stereocenters. The van der Waals surface area contributed by atoms with Crippen LogP contribution in [0.2, 0.25) is 0 Å². The zero-order valence-corrected chi connectivity index (χ0v) is 12.2. The monoisotopic (exact) mass is 338 g/mol. The molecule has 0 aliphatic rings. The maximum Gasteiger partial charge on any atom is 0.269 e. The fourth-order valence-electron chi connectivity index (χ4n) is 1.83. The fourth-order valence-corrected chi connectivity index (χ4v) is 2.21. The third-order valence-electron chi connectivity index (χ3n) is 2.88. The number of nitrogens with one attached hydrogen (secondary N) is 1. The van der Waals surface area contributed by atoms with Crippen LogP contribution >= 0.6 is 15.9 Å². The van der Waals surface area contributed by atoms with Crippen LogP contribution < -0.4 is 5.32 Å². The third-order valence-corrected chi connectivity index (χ3v) is 3.49. The largest absolute Gasteiger partial charge is 0.378 e. The second-order valence-corrected chi connectivity index (χ2v) is 5.20. The van der Waals surface area contributed by atoms with Crippen LogP contribution in [0.1, 0.15) is 18.5 Å². The molecular formula is C14H12BrFN2O2. The van der Waals surface area contributed by atoms with Crippen molar-refractivity contribution in [2.45, 2.75) is 13.0 Å². The molecule has 0 saturated heterocycles. The van der Waals surface area contributed by atoms with Gasteiger partial charge in [0, 0.05) is 23.9 Å². The van der Waals surface area contributed by atoms with Gasteiger partial charge < -0.3 is 5.32 Å². The molecule has 0 fully saturated rings. The molecule has 2 aromatic carbocycles. The van der Waals surface area contributed by atoms with Crippen molar-refractivity contribution in [3.05, 3.63) is 68.4 Å². The molecule has 4 nitrogen and oxygen atoms in total. The molecular weight excluding hydrogens is 327 g/mol. The van der Waals surface area contributed by atoms with E-state index in [1.807, 2.05) is 13.0 Å². The molecule has 0 aromatic heterocycles. The number of hydrogen-bond donors (Lipinski definition) is 1. The number of rotatable bonds is 4. The summed E-state index contributed by atoms with van der Waals surface area (Å²) < 4.78 is 13.5. The molecule has 104 valence electrons. The molecule has 0 amide bonds. The number of halogens is 2. The zero-order valence-electron chi connectivity index (χ0n) is 10.6. The van der Waals surface area contributed by atoms with E-state index in [-0.39, 0.29) is 17.5 Å². The van der Waals surface area contributed by atoms with Crippen LogP contribution in [-0.4, -0.2) is 4.92 Å². The minimum absolute atomic E-state index is 0.0523. The summed E-state index contributed by atoms with van der Waals surface area (Å²) in [6.07, 6.45) is 0. The van der Waals surface area contributed by atoms with Gasteiger partial charge in [-0.1, -0.05) is 12.1 Å². The number of non-ortho nitro benzene ring substituents is 1. The van der Waals surface area contributed by atoms with Crippen molar-refractivity contribution in [1.29, 1.82) is 0 Å². The Hall–Kier alpha value is -1.95. The third kappa shape index (κ3) is 3.33. The van der Waals surface area contributed by atoms with E-state index in [1.165, 1.54) is 18.2 Å². The number of nitro groups is 1. The van der Waals surface area contributed by atoms with E-state index in [0.717, 1.165) is 11.3 Å². The lowest BCUT2D eigenvalue weighted by molar-refractivity contribution is -0.384. The number of benzene rings is 2. The number of nitrogens with zero attached hydrogens (tertiary/aromatic N) is 1.